The molecule has 2 heterocycles. The third-order valence-corrected chi connectivity index (χ3v) is 5.74. The van der Waals surface area contributed by atoms with Gasteiger partial charge in [0.25, 0.3) is 0 Å². The number of nitrogens with one attached hydrogen (secondary N) is 1. The summed E-state index contributed by atoms with van der Waals surface area (Å²) in [5.41, 5.74) is -0.633. The van der Waals surface area contributed by atoms with Crippen molar-refractivity contribution in [2.75, 3.05) is 18.5 Å². The van der Waals surface area contributed by atoms with Crippen LogP contribution in [-0.4, -0.2) is 36.5 Å². The van der Waals surface area contributed by atoms with Crippen molar-refractivity contribution in [2.24, 2.45) is 5.41 Å². The monoisotopic (exact) mass is 417 g/mol. The van der Waals surface area contributed by atoms with Gasteiger partial charge >= 0.3 is 0 Å². The Morgan fingerprint density at radius 3 is 2.10 bits per heavy atom. The smallest absolute Gasteiger partial charge is 0.236 e. The highest BCUT2D eigenvalue weighted by atomic mass is 35.5. The second-order valence-corrected chi connectivity index (χ2v) is 8.18. The van der Waals surface area contributed by atoms with Gasteiger partial charge in [0.05, 0.1) is 10.7 Å². The van der Waals surface area contributed by atoms with Crippen molar-refractivity contribution in [1.82, 2.24) is 0 Å². The molecular formula is C22H24ClNO5. The predicted molar refractivity (Wildman–Crippen MR) is 109 cm³/mol. The molecule has 2 aliphatic rings. The molecule has 0 radical (unpaired) electrons. The molecule has 2 atom stereocenters. The lowest BCUT2D eigenvalue weighted by atomic mass is 9.74. The van der Waals surface area contributed by atoms with E-state index in [1.54, 1.807) is 45.0 Å². The van der Waals surface area contributed by atoms with E-state index in [0.717, 1.165) is 0 Å². The van der Waals surface area contributed by atoms with Crippen LogP contribution in [0.15, 0.2) is 24.3 Å². The number of carbonyl (C=O) groups is 1. The molecule has 1 amide bonds. The van der Waals surface area contributed by atoms with Crippen LogP contribution in [0, 0.1) is 30.1 Å². The van der Waals surface area contributed by atoms with Crippen LogP contribution in [0.25, 0.3) is 0 Å². The average Bonchev–Trinajstić information content (AvgIpc) is 3.00. The van der Waals surface area contributed by atoms with E-state index >= 15 is 0 Å². The summed E-state index contributed by atoms with van der Waals surface area (Å²) in [6, 6.07) is 6.99. The van der Waals surface area contributed by atoms with Gasteiger partial charge in [0, 0.05) is 12.8 Å². The molecule has 2 aliphatic heterocycles. The first-order chi connectivity index (χ1) is 13.6. The number of amides is 1. The maximum Gasteiger partial charge on any atom is 0.236 e. The lowest BCUT2D eigenvalue weighted by Gasteiger charge is -2.33. The minimum Gasteiger partial charge on any atom is -0.337 e. The summed E-state index contributed by atoms with van der Waals surface area (Å²) in [5.74, 6) is 0.998. The average molecular weight is 418 g/mol. The number of benzene rings is 1. The number of carbonyl (C=O) groups excluding carboxylic acids is 1. The van der Waals surface area contributed by atoms with Gasteiger partial charge in [-0.05, 0) is 32.9 Å². The van der Waals surface area contributed by atoms with Crippen LogP contribution < -0.4 is 5.32 Å². The van der Waals surface area contributed by atoms with Gasteiger partial charge in [0.1, 0.15) is 18.6 Å². The van der Waals surface area contributed by atoms with E-state index in [-0.39, 0.29) is 32.0 Å². The summed E-state index contributed by atoms with van der Waals surface area (Å²) in [5, 5.41) is 3.33. The van der Waals surface area contributed by atoms with E-state index in [1.807, 2.05) is 0 Å². The van der Waals surface area contributed by atoms with Gasteiger partial charge < -0.3 is 24.3 Å². The molecule has 2 saturated heterocycles. The molecule has 1 aromatic carbocycles. The van der Waals surface area contributed by atoms with Gasteiger partial charge in [-0.3, -0.25) is 4.79 Å². The summed E-state index contributed by atoms with van der Waals surface area (Å²) in [4.78, 5) is 13.6. The summed E-state index contributed by atoms with van der Waals surface area (Å²) in [6.07, 6.45) is 11.1. The molecular weight excluding hydrogens is 394 g/mol. The van der Waals surface area contributed by atoms with Gasteiger partial charge in [0.15, 0.2) is 17.4 Å². The molecule has 0 aromatic heterocycles. The molecule has 3 rings (SSSR count). The lowest BCUT2D eigenvalue weighted by molar-refractivity contribution is -0.351. The van der Waals surface area contributed by atoms with E-state index < -0.39 is 22.8 Å². The molecule has 29 heavy (non-hydrogen) atoms. The molecule has 0 unspecified atom stereocenters. The summed E-state index contributed by atoms with van der Waals surface area (Å²) < 4.78 is 23.8. The Labute approximate surface area is 176 Å². The van der Waals surface area contributed by atoms with Crippen molar-refractivity contribution in [1.29, 1.82) is 0 Å². The summed E-state index contributed by atoms with van der Waals surface area (Å²) in [7, 11) is 0. The number of halogens is 1. The molecule has 6 nitrogen and oxygen atoms in total. The van der Waals surface area contributed by atoms with Gasteiger partial charge in [-0.2, -0.15) is 0 Å². The standard InChI is InChI=1S/C22H24ClNO5/c1-6-12-26-19(3)14-22(18(25)24-17-11-9-8-10-16(17)23)15-20(4,27-13-7-2)29-21(22,5)28-19/h1-2,8-11H,12-15H2,3-5H3,(H,24,25)/t19-,20-,21?,22?/m0/s1. The van der Waals surface area contributed by atoms with Crippen molar-refractivity contribution in [3.63, 3.8) is 0 Å². The highest BCUT2D eigenvalue weighted by Crippen LogP contribution is 2.62. The SMILES string of the molecule is C#CCO[C@]1(C)CC2(C(=O)Nc3ccccc3Cl)C[C@@](C)(OCC#C)OC2(C)O1. The zero-order valence-corrected chi connectivity index (χ0v) is 17.5. The molecule has 7 heteroatoms. The molecule has 2 fully saturated rings. The first-order valence-corrected chi connectivity index (χ1v) is 9.60. The number of para-hydroxylation sites is 1. The number of fused-ring (bicyclic) bond motifs is 1. The molecule has 0 bridgehead atoms. The van der Waals surface area contributed by atoms with Crippen LogP contribution >= 0.6 is 11.6 Å². The maximum atomic E-state index is 13.6. The number of hydrogen-bond donors (Lipinski definition) is 1. The molecule has 0 aliphatic carbocycles. The van der Waals surface area contributed by atoms with Gasteiger partial charge in [-0.1, -0.05) is 35.6 Å². The van der Waals surface area contributed by atoms with Crippen molar-refractivity contribution in [3.8, 4) is 24.7 Å². The van der Waals surface area contributed by atoms with E-state index in [0.29, 0.717) is 10.7 Å². The van der Waals surface area contributed by atoms with E-state index in [2.05, 4.69) is 17.2 Å². The van der Waals surface area contributed by atoms with Crippen LogP contribution in [0.3, 0.4) is 0 Å². The largest absolute Gasteiger partial charge is 0.337 e. The van der Waals surface area contributed by atoms with Crippen LogP contribution in [0.4, 0.5) is 5.69 Å². The van der Waals surface area contributed by atoms with Crippen molar-refractivity contribution >= 4 is 23.2 Å². The quantitative estimate of drug-likeness (QED) is 0.717. The number of terminal acetylenes is 2. The zero-order chi connectivity index (χ0) is 21.3. The normalized spacial score (nSPS) is 35.5. The van der Waals surface area contributed by atoms with Crippen molar-refractivity contribution < 1.29 is 23.7 Å². The first kappa shape index (κ1) is 21.6. The minimum atomic E-state index is -1.33. The van der Waals surface area contributed by atoms with Crippen molar-refractivity contribution in [3.05, 3.63) is 29.3 Å². The fourth-order valence-corrected chi connectivity index (χ4v) is 4.50. The fraction of sp³-hybridized carbons (Fsp3) is 0.500. The molecule has 0 saturated carbocycles. The Kier molecular flexibility index (Phi) is 5.71. The van der Waals surface area contributed by atoms with Crippen LogP contribution in [0.1, 0.15) is 33.6 Å². The van der Waals surface area contributed by atoms with Crippen molar-refractivity contribution in [2.45, 2.75) is 51.0 Å². The van der Waals surface area contributed by atoms with Crippen LogP contribution in [0.2, 0.25) is 5.02 Å². The number of hydrogen-bond acceptors (Lipinski definition) is 5. The highest BCUT2D eigenvalue weighted by Gasteiger charge is 2.74. The molecule has 0 spiro atoms. The second-order valence-electron chi connectivity index (χ2n) is 7.77. The Morgan fingerprint density at radius 2 is 1.62 bits per heavy atom. The number of anilines is 1. The number of ether oxygens (including phenoxy) is 4. The first-order valence-electron chi connectivity index (χ1n) is 9.22. The zero-order valence-electron chi connectivity index (χ0n) is 16.7. The lowest BCUT2D eigenvalue weighted by Crippen LogP contribution is -2.47. The van der Waals surface area contributed by atoms with Gasteiger partial charge in [-0.25, -0.2) is 0 Å². The fourth-order valence-electron chi connectivity index (χ4n) is 4.31. The topological polar surface area (TPSA) is 66.0 Å². The maximum absolute atomic E-state index is 13.6. The molecule has 1 N–H and O–H groups in total. The van der Waals surface area contributed by atoms with E-state index in [9.17, 15) is 4.79 Å². The third-order valence-electron chi connectivity index (χ3n) is 5.41. The highest BCUT2D eigenvalue weighted by molar-refractivity contribution is 6.33. The van der Waals surface area contributed by atoms with E-state index in [4.69, 9.17) is 43.4 Å². The van der Waals surface area contributed by atoms with E-state index in [1.165, 1.54) is 0 Å². The Hall–Kier alpha value is -2.06. The Bertz CT molecular complexity index is 852. The second kappa shape index (κ2) is 7.65. The molecule has 1 aromatic rings. The Balaban J connectivity index is 1.96. The van der Waals surface area contributed by atoms with Gasteiger partial charge in [0.2, 0.25) is 5.91 Å². The minimum absolute atomic E-state index is 0.0413. The molecule has 154 valence electrons. The predicted octanol–water partition coefficient (Wildman–Crippen LogP) is 3.55. The van der Waals surface area contributed by atoms with Crippen LogP contribution in [0.5, 0.6) is 0 Å². The summed E-state index contributed by atoms with van der Waals surface area (Å²) in [6.45, 7) is 5.26. The van der Waals surface area contributed by atoms with Gasteiger partial charge in [-0.15, -0.1) is 12.8 Å². The Morgan fingerprint density at radius 1 is 1.10 bits per heavy atom. The third kappa shape index (κ3) is 3.88. The summed E-state index contributed by atoms with van der Waals surface area (Å²) >= 11 is 6.23. The van der Waals surface area contributed by atoms with Crippen LogP contribution in [-0.2, 0) is 23.7 Å². The number of rotatable bonds is 6.